The Bertz CT molecular complexity index is 1380. The molecule has 164 valence electrons. The van der Waals surface area contributed by atoms with E-state index in [9.17, 15) is 13.2 Å². The van der Waals surface area contributed by atoms with Gasteiger partial charge in [0.2, 0.25) is 0 Å². The third-order valence-corrected chi connectivity index (χ3v) is 7.52. The van der Waals surface area contributed by atoms with Crippen molar-refractivity contribution in [1.29, 1.82) is 0 Å². The number of fused-ring (bicyclic) bond motifs is 1. The molecule has 0 aliphatic carbocycles. The molecule has 1 amide bonds. The van der Waals surface area contributed by atoms with Crippen molar-refractivity contribution in [2.75, 3.05) is 11.5 Å². The summed E-state index contributed by atoms with van der Waals surface area (Å²) in [5.74, 6) is 0.402. The monoisotopic (exact) mass is 469 g/mol. The lowest BCUT2D eigenvalue weighted by atomic mass is 10.1. The number of rotatable bonds is 5. The van der Waals surface area contributed by atoms with Crippen LogP contribution in [0.5, 0.6) is 0 Å². The number of benzene rings is 2. The average Bonchev–Trinajstić information content (AvgIpc) is 3.48. The van der Waals surface area contributed by atoms with Gasteiger partial charge in [-0.2, -0.15) is 5.10 Å². The van der Waals surface area contributed by atoms with Crippen LogP contribution in [-0.2, 0) is 16.4 Å². The molecule has 4 aromatic rings. The van der Waals surface area contributed by atoms with Crippen LogP contribution in [0.2, 0.25) is 5.02 Å². The molecule has 8 nitrogen and oxygen atoms in total. The first-order chi connectivity index (χ1) is 15.4. The maximum absolute atomic E-state index is 12.9. The zero-order valence-corrected chi connectivity index (χ0v) is 18.5. The van der Waals surface area contributed by atoms with E-state index in [1.807, 2.05) is 36.4 Å². The van der Waals surface area contributed by atoms with Gasteiger partial charge in [-0.1, -0.05) is 35.9 Å². The summed E-state index contributed by atoms with van der Waals surface area (Å²) in [6.45, 7) is 0.217. The Morgan fingerprint density at radius 1 is 1.19 bits per heavy atom. The van der Waals surface area contributed by atoms with Crippen molar-refractivity contribution in [3.05, 3.63) is 71.1 Å². The highest BCUT2D eigenvalue weighted by Crippen LogP contribution is 2.30. The van der Waals surface area contributed by atoms with Gasteiger partial charge >= 0.3 is 0 Å². The molecule has 0 spiro atoms. The van der Waals surface area contributed by atoms with E-state index in [1.165, 1.54) is 0 Å². The fraction of sp³-hybridized carbons (Fsp3) is 0.227. The van der Waals surface area contributed by atoms with Crippen molar-refractivity contribution in [2.24, 2.45) is 0 Å². The van der Waals surface area contributed by atoms with Gasteiger partial charge in [0.1, 0.15) is 5.82 Å². The number of sulfone groups is 1. The highest BCUT2D eigenvalue weighted by Gasteiger charge is 2.32. The number of halogens is 1. The van der Waals surface area contributed by atoms with E-state index in [-0.39, 0.29) is 35.7 Å². The first-order valence-corrected chi connectivity index (χ1v) is 12.4. The number of carbonyl (C=O) groups is 1. The molecule has 0 radical (unpaired) electrons. The van der Waals surface area contributed by atoms with E-state index in [2.05, 4.69) is 20.4 Å². The molecule has 1 atom stereocenters. The van der Waals surface area contributed by atoms with E-state index in [0.29, 0.717) is 23.0 Å². The lowest BCUT2D eigenvalue weighted by Crippen LogP contribution is -2.24. The topological polar surface area (TPSA) is 110 Å². The molecular formula is C22H20ClN5O3S. The fourth-order valence-electron chi connectivity index (χ4n) is 3.93. The van der Waals surface area contributed by atoms with Crippen molar-refractivity contribution in [3.63, 3.8) is 0 Å². The summed E-state index contributed by atoms with van der Waals surface area (Å²) in [6, 6.07) is 16.2. The molecule has 2 aromatic carbocycles. The maximum Gasteiger partial charge on any atom is 0.272 e. The number of para-hydroxylation sites is 2. The second-order valence-corrected chi connectivity index (χ2v) is 10.5. The minimum absolute atomic E-state index is 0.00924. The van der Waals surface area contributed by atoms with Crippen molar-refractivity contribution in [2.45, 2.75) is 19.0 Å². The molecule has 2 aromatic heterocycles. The number of amides is 1. The molecule has 32 heavy (non-hydrogen) atoms. The third-order valence-electron chi connectivity index (χ3n) is 5.52. The van der Waals surface area contributed by atoms with Crippen molar-refractivity contribution in [3.8, 4) is 11.3 Å². The van der Waals surface area contributed by atoms with Gasteiger partial charge in [0.25, 0.3) is 5.91 Å². The Labute approximate surface area is 189 Å². The number of carbonyl (C=O) groups excluding carboxylic acids is 1. The van der Waals surface area contributed by atoms with E-state index in [0.717, 1.165) is 16.6 Å². The fourth-order valence-corrected chi connectivity index (χ4v) is 5.75. The minimum Gasteiger partial charge on any atom is -0.343 e. The van der Waals surface area contributed by atoms with Crippen LogP contribution in [0.25, 0.3) is 22.3 Å². The van der Waals surface area contributed by atoms with Gasteiger partial charge < -0.3 is 10.3 Å². The number of nitrogens with one attached hydrogen (secondary N) is 2. The van der Waals surface area contributed by atoms with Gasteiger partial charge in [-0.15, -0.1) is 0 Å². The van der Waals surface area contributed by atoms with Gasteiger partial charge in [-0.3, -0.25) is 9.48 Å². The largest absolute Gasteiger partial charge is 0.343 e. The Balaban J connectivity index is 1.42. The molecule has 1 saturated heterocycles. The van der Waals surface area contributed by atoms with Crippen LogP contribution in [0, 0.1) is 0 Å². The van der Waals surface area contributed by atoms with Gasteiger partial charge in [0.05, 0.1) is 40.8 Å². The second-order valence-electron chi connectivity index (χ2n) is 7.81. The lowest BCUT2D eigenvalue weighted by molar-refractivity contribution is 0.0944. The molecule has 1 unspecified atom stereocenters. The summed E-state index contributed by atoms with van der Waals surface area (Å²) in [6.07, 6.45) is 0.463. The number of hydrogen-bond acceptors (Lipinski definition) is 5. The van der Waals surface area contributed by atoms with Gasteiger partial charge in [-0.05, 0) is 42.3 Å². The highest BCUT2D eigenvalue weighted by molar-refractivity contribution is 7.91. The molecule has 3 heterocycles. The first-order valence-electron chi connectivity index (χ1n) is 10.2. The normalized spacial score (nSPS) is 17.6. The van der Waals surface area contributed by atoms with Gasteiger partial charge in [-0.25, -0.2) is 13.4 Å². The zero-order chi connectivity index (χ0) is 22.3. The van der Waals surface area contributed by atoms with Crippen LogP contribution in [0.15, 0.2) is 54.6 Å². The number of nitrogens with zero attached hydrogens (tertiary/aromatic N) is 3. The summed E-state index contributed by atoms with van der Waals surface area (Å²) in [7, 11) is -3.11. The van der Waals surface area contributed by atoms with Crippen LogP contribution in [0.3, 0.4) is 0 Å². The van der Waals surface area contributed by atoms with Crippen molar-refractivity contribution >= 4 is 38.4 Å². The predicted octanol–water partition coefficient (Wildman–Crippen LogP) is 3.37. The molecule has 1 aliphatic heterocycles. The summed E-state index contributed by atoms with van der Waals surface area (Å²) in [5.41, 5.74) is 3.43. The number of hydrogen-bond donors (Lipinski definition) is 2. The maximum atomic E-state index is 12.9. The van der Waals surface area contributed by atoms with Crippen LogP contribution < -0.4 is 5.32 Å². The van der Waals surface area contributed by atoms with Crippen molar-refractivity contribution < 1.29 is 13.2 Å². The number of aromatic amines is 1. The number of H-pyrrole nitrogens is 1. The average molecular weight is 470 g/mol. The van der Waals surface area contributed by atoms with Crippen LogP contribution >= 0.6 is 11.6 Å². The Hall–Kier alpha value is -3.17. The summed E-state index contributed by atoms with van der Waals surface area (Å²) in [5, 5.41) is 7.91. The number of aromatic nitrogens is 4. The van der Waals surface area contributed by atoms with E-state index in [4.69, 9.17) is 11.6 Å². The summed E-state index contributed by atoms with van der Waals surface area (Å²) in [4.78, 5) is 20.5. The minimum atomic E-state index is -3.11. The Morgan fingerprint density at radius 2 is 1.97 bits per heavy atom. The standard InChI is InChI=1S/C22H20ClN5O3S/c23-15-7-5-14(6-8-15)20-11-19(27-28(20)16-9-10-32(30,31)13-16)22(29)24-12-21-25-17-3-1-2-4-18(17)26-21/h1-8,11,16H,9-10,12-13H2,(H,24,29)(H,25,26). The molecule has 2 N–H and O–H groups in total. The zero-order valence-electron chi connectivity index (χ0n) is 17.0. The Morgan fingerprint density at radius 3 is 2.69 bits per heavy atom. The third kappa shape index (κ3) is 4.13. The summed E-state index contributed by atoms with van der Waals surface area (Å²) < 4.78 is 25.7. The first kappa shape index (κ1) is 20.7. The quantitative estimate of drug-likeness (QED) is 0.465. The molecule has 0 bridgehead atoms. The van der Waals surface area contributed by atoms with Crippen LogP contribution in [0.1, 0.15) is 28.8 Å². The highest BCUT2D eigenvalue weighted by atomic mass is 35.5. The van der Waals surface area contributed by atoms with E-state index in [1.54, 1.807) is 22.9 Å². The number of imidazole rings is 1. The molecular weight excluding hydrogens is 450 g/mol. The summed E-state index contributed by atoms with van der Waals surface area (Å²) >= 11 is 6.01. The van der Waals surface area contributed by atoms with E-state index >= 15 is 0 Å². The van der Waals surface area contributed by atoms with Crippen LogP contribution in [-0.4, -0.2) is 45.6 Å². The second kappa shape index (κ2) is 8.07. The van der Waals surface area contributed by atoms with E-state index < -0.39 is 9.84 Å². The van der Waals surface area contributed by atoms with Crippen molar-refractivity contribution in [1.82, 2.24) is 25.1 Å². The molecule has 5 rings (SSSR count). The van der Waals surface area contributed by atoms with Crippen LogP contribution in [0.4, 0.5) is 0 Å². The Kier molecular flexibility index (Phi) is 5.22. The lowest BCUT2D eigenvalue weighted by Gasteiger charge is -2.13. The molecule has 0 saturated carbocycles. The molecule has 1 fully saturated rings. The SMILES string of the molecule is O=C(NCc1nc2ccccc2[nH]1)c1cc(-c2ccc(Cl)cc2)n(C2CCS(=O)(=O)C2)n1. The van der Waals surface area contributed by atoms with Gasteiger partial charge in [0, 0.05) is 5.02 Å². The molecule has 1 aliphatic rings. The smallest absolute Gasteiger partial charge is 0.272 e. The molecule has 10 heteroatoms. The van der Waals surface area contributed by atoms with Gasteiger partial charge in [0.15, 0.2) is 15.5 Å². The predicted molar refractivity (Wildman–Crippen MR) is 122 cm³/mol.